The van der Waals surface area contributed by atoms with E-state index in [0.29, 0.717) is 0 Å². The highest BCUT2D eigenvalue weighted by atomic mass is 16.5. The molecule has 0 radical (unpaired) electrons. The van der Waals surface area contributed by atoms with Gasteiger partial charge in [-0.2, -0.15) is 5.10 Å². The molecule has 5 heteroatoms. The van der Waals surface area contributed by atoms with Crippen LogP contribution >= 0.6 is 0 Å². The number of hydrogen-bond acceptors (Lipinski definition) is 4. The first-order chi connectivity index (χ1) is 13.2. The Bertz CT molecular complexity index is 962. The molecule has 0 bridgehead atoms. The maximum absolute atomic E-state index is 5.50. The van der Waals surface area contributed by atoms with E-state index in [2.05, 4.69) is 42.6 Å². The number of nitrogens with zero attached hydrogens (tertiary/aromatic N) is 2. The largest absolute Gasteiger partial charge is 0.493 e. The van der Waals surface area contributed by atoms with Gasteiger partial charge in [0.25, 0.3) is 0 Å². The summed E-state index contributed by atoms with van der Waals surface area (Å²) in [5, 5.41) is 8.60. The minimum Gasteiger partial charge on any atom is -0.493 e. The Labute approximate surface area is 159 Å². The highest BCUT2D eigenvalue weighted by Gasteiger charge is 2.22. The van der Waals surface area contributed by atoms with E-state index in [-0.39, 0.29) is 0 Å². The quantitative estimate of drug-likeness (QED) is 0.735. The van der Waals surface area contributed by atoms with Gasteiger partial charge in [0.1, 0.15) is 5.82 Å². The van der Waals surface area contributed by atoms with Crippen LogP contribution in [0.4, 0.5) is 5.82 Å². The van der Waals surface area contributed by atoms with Crippen LogP contribution in [0.5, 0.6) is 11.5 Å². The minimum atomic E-state index is 0.718. The number of aryl methyl sites for hydroxylation is 1. The number of rotatable bonds is 4. The Morgan fingerprint density at radius 1 is 1.00 bits per heavy atom. The van der Waals surface area contributed by atoms with Crippen molar-refractivity contribution >= 4 is 5.82 Å². The van der Waals surface area contributed by atoms with Gasteiger partial charge in [0.15, 0.2) is 11.5 Å². The first-order valence-corrected chi connectivity index (χ1v) is 9.36. The molecule has 5 nitrogen and oxygen atoms in total. The van der Waals surface area contributed by atoms with Gasteiger partial charge in [-0.15, -0.1) is 0 Å². The number of benzene rings is 2. The summed E-state index contributed by atoms with van der Waals surface area (Å²) in [4.78, 5) is 0. The second-order valence-corrected chi connectivity index (χ2v) is 6.88. The van der Waals surface area contributed by atoms with Crippen LogP contribution < -0.4 is 14.8 Å². The van der Waals surface area contributed by atoms with E-state index < -0.39 is 0 Å². The number of aromatic nitrogens is 2. The molecule has 0 atom stereocenters. The zero-order valence-electron chi connectivity index (χ0n) is 16.1. The van der Waals surface area contributed by atoms with Crippen molar-refractivity contribution in [2.45, 2.75) is 26.2 Å². The Morgan fingerprint density at radius 3 is 2.63 bits per heavy atom. The van der Waals surface area contributed by atoms with Crippen molar-refractivity contribution in [1.29, 1.82) is 0 Å². The highest BCUT2D eigenvalue weighted by Crippen LogP contribution is 2.37. The van der Waals surface area contributed by atoms with Gasteiger partial charge in [-0.3, -0.25) is 0 Å². The van der Waals surface area contributed by atoms with Gasteiger partial charge in [0.05, 0.1) is 25.6 Å². The lowest BCUT2D eigenvalue weighted by atomic mass is 10.0. The van der Waals surface area contributed by atoms with Gasteiger partial charge >= 0.3 is 0 Å². The first-order valence-electron chi connectivity index (χ1n) is 9.36. The number of nitrogens with one attached hydrogen (secondary N) is 1. The number of ether oxygens (including phenoxy) is 2. The summed E-state index contributed by atoms with van der Waals surface area (Å²) >= 11 is 0. The molecule has 3 aromatic rings. The molecule has 2 heterocycles. The molecule has 0 saturated heterocycles. The lowest BCUT2D eigenvalue weighted by Gasteiger charge is -2.09. The molecule has 0 fully saturated rings. The summed E-state index contributed by atoms with van der Waals surface area (Å²) in [6.07, 6.45) is 3.32. The van der Waals surface area contributed by atoms with Gasteiger partial charge < -0.3 is 14.8 Å². The third-order valence-corrected chi connectivity index (χ3v) is 5.03. The minimum absolute atomic E-state index is 0.718. The fourth-order valence-electron chi connectivity index (χ4n) is 3.66. The van der Waals surface area contributed by atoms with E-state index in [9.17, 15) is 0 Å². The number of methoxy groups -OCH3 is 2. The zero-order valence-corrected chi connectivity index (χ0v) is 16.1. The molecular weight excluding hydrogens is 338 g/mol. The van der Waals surface area contributed by atoms with Crippen molar-refractivity contribution < 1.29 is 9.47 Å². The van der Waals surface area contributed by atoms with E-state index in [4.69, 9.17) is 14.6 Å². The van der Waals surface area contributed by atoms with Crippen molar-refractivity contribution in [2.75, 3.05) is 26.1 Å². The monoisotopic (exact) mass is 363 g/mol. The average molecular weight is 363 g/mol. The lowest BCUT2D eigenvalue weighted by molar-refractivity contribution is 0.355. The molecule has 1 N–H and O–H groups in total. The molecule has 4 rings (SSSR count). The molecule has 140 valence electrons. The summed E-state index contributed by atoms with van der Waals surface area (Å²) in [5.74, 6) is 2.54. The normalized spacial score (nSPS) is 13.4. The van der Waals surface area contributed by atoms with E-state index in [1.165, 1.54) is 11.1 Å². The van der Waals surface area contributed by atoms with Gasteiger partial charge in [-0.1, -0.05) is 12.1 Å². The molecule has 2 aromatic carbocycles. The molecule has 0 saturated carbocycles. The molecule has 0 spiro atoms. The van der Waals surface area contributed by atoms with Crippen molar-refractivity contribution in [3.05, 3.63) is 53.6 Å². The topological polar surface area (TPSA) is 48.3 Å². The van der Waals surface area contributed by atoms with E-state index in [1.807, 2.05) is 16.8 Å². The Kier molecular flexibility index (Phi) is 4.75. The fourth-order valence-corrected chi connectivity index (χ4v) is 3.66. The van der Waals surface area contributed by atoms with Crippen LogP contribution in [0, 0.1) is 6.92 Å². The zero-order chi connectivity index (χ0) is 18.8. The molecular formula is C22H25N3O2. The Morgan fingerprint density at radius 2 is 1.85 bits per heavy atom. The standard InChI is InChI=1S/C22H25N3O2/c1-15-7-6-8-17(13-15)25-22-18(9-4-5-12-23-22)21(24-25)16-10-11-19(26-2)20(14-16)27-3/h6-8,10-11,13-14,23H,4-5,9,12H2,1-3H3. The van der Waals surface area contributed by atoms with Crippen LogP contribution in [0.3, 0.4) is 0 Å². The second kappa shape index (κ2) is 7.35. The van der Waals surface area contributed by atoms with E-state index >= 15 is 0 Å². The molecule has 0 aliphatic carbocycles. The van der Waals surface area contributed by atoms with Crippen molar-refractivity contribution in [3.8, 4) is 28.4 Å². The molecule has 0 unspecified atom stereocenters. The SMILES string of the molecule is COc1ccc(-c2nn(-c3cccc(C)c3)c3c2CCCCN3)cc1OC. The lowest BCUT2D eigenvalue weighted by Crippen LogP contribution is -2.07. The first kappa shape index (κ1) is 17.5. The Hall–Kier alpha value is -2.95. The Balaban J connectivity index is 1.89. The molecule has 1 aromatic heterocycles. The number of hydrogen-bond donors (Lipinski definition) is 1. The molecule has 0 amide bonds. The summed E-state index contributed by atoms with van der Waals surface area (Å²) in [6, 6.07) is 14.4. The third-order valence-electron chi connectivity index (χ3n) is 5.03. The van der Waals surface area contributed by atoms with Crippen LogP contribution in [0.15, 0.2) is 42.5 Å². The molecule has 27 heavy (non-hydrogen) atoms. The highest BCUT2D eigenvalue weighted by molar-refractivity contribution is 5.73. The van der Waals surface area contributed by atoms with Gasteiger partial charge in [-0.05, 0) is 62.1 Å². The predicted octanol–water partition coefficient (Wildman–Crippen LogP) is 4.61. The summed E-state index contributed by atoms with van der Waals surface area (Å²) < 4.78 is 12.9. The maximum Gasteiger partial charge on any atom is 0.161 e. The summed E-state index contributed by atoms with van der Waals surface area (Å²) in [7, 11) is 3.31. The van der Waals surface area contributed by atoms with Crippen molar-refractivity contribution in [2.24, 2.45) is 0 Å². The fraction of sp³-hybridized carbons (Fsp3) is 0.318. The van der Waals surface area contributed by atoms with Crippen LogP contribution in [-0.2, 0) is 6.42 Å². The van der Waals surface area contributed by atoms with E-state index in [0.717, 1.165) is 60.1 Å². The van der Waals surface area contributed by atoms with Crippen LogP contribution in [-0.4, -0.2) is 30.5 Å². The second-order valence-electron chi connectivity index (χ2n) is 6.88. The van der Waals surface area contributed by atoms with E-state index in [1.54, 1.807) is 14.2 Å². The number of fused-ring (bicyclic) bond motifs is 1. The van der Waals surface area contributed by atoms with Gasteiger partial charge in [0, 0.05) is 17.7 Å². The summed E-state index contributed by atoms with van der Waals surface area (Å²) in [6.45, 7) is 3.07. The third kappa shape index (κ3) is 3.25. The summed E-state index contributed by atoms with van der Waals surface area (Å²) in [5.41, 5.74) is 5.60. The molecule has 1 aliphatic rings. The van der Waals surface area contributed by atoms with Crippen molar-refractivity contribution in [1.82, 2.24) is 9.78 Å². The van der Waals surface area contributed by atoms with Crippen LogP contribution in [0.2, 0.25) is 0 Å². The van der Waals surface area contributed by atoms with Crippen LogP contribution in [0.25, 0.3) is 16.9 Å². The van der Waals surface area contributed by atoms with Crippen molar-refractivity contribution in [3.63, 3.8) is 0 Å². The van der Waals surface area contributed by atoms with Crippen LogP contribution in [0.1, 0.15) is 24.0 Å². The maximum atomic E-state index is 5.50. The number of anilines is 1. The van der Waals surface area contributed by atoms with Gasteiger partial charge in [0.2, 0.25) is 0 Å². The molecule has 1 aliphatic heterocycles. The smallest absolute Gasteiger partial charge is 0.161 e. The van der Waals surface area contributed by atoms with Gasteiger partial charge in [-0.25, -0.2) is 4.68 Å². The average Bonchev–Trinajstić information content (AvgIpc) is 2.88. The predicted molar refractivity (Wildman–Crippen MR) is 108 cm³/mol.